The molecule has 0 saturated heterocycles. The molecule has 0 bridgehead atoms. The second-order valence-electron chi connectivity index (χ2n) is 3.56. The Kier molecular flexibility index (Phi) is 5.26. The lowest BCUT2D eigenvalue weighted by Crippen LogP contribution is -2.12. The molecule has 1 aromatic rings. The Labute approximate surface area is 105 Å². The predicted molar refractivity (Wildman–Crippen MR) is 62.3 cm³/mol. The molecule has 0 saturated carbocycles. The molecule has 0 atom stereocenters. The quantitative estimate of drug-likeness (QED) is 0.772. The normalized spacial score (nSPS) is 9.94. The van der Waals surface area contributed by atoms with E-state index >= 15 is 0 Å². The summed E-state index contributed by atoms with van der Waals surface area (Å²) < 4.78 is 9.12. The van der Waals surface area contributed by atoms with Gasteiger partial charge in [0, 0.05) is 6.61 Å². The Morgan fingerprint density at radius 1 is 1.17 bits per heavy atom. The summed E-state index contributed by atoms with van der Waals surface area (Å²) in [6.45, 7) is 0.0312. The average molecular weight is 253 g/mol. The monoisotopic (exact) mass is 253 g/mol. The summed E-state index contributed by atoms with van der Waals surface area (Å²) in [4.78, 5) is 26.7. The summed E-state index contributed by atoms with van der Waals surface area (Å²) in [5, 5.41) is 8.78. The van der Waals surface area contributed by atoms with Gasteiger partial charge in [-0.1, -0.05) is 0 Å². The lowest BCUT2D eigenvalue weighted by Gasteiger charge is -2.06. The summed E-state index contributed by atoms with van der Waals surface area (Å²) in [6.07, 6.45) is 1.07. The molecule has 0 amide bonds. The smallest absolute Gasteiger partial charge is 0.356 e. The summed E-state index contributed by atoms with van der Waals surface area (Å²) in [6, 6.07) is 3.07. The molecular formula is C12H15NO5. The van der Waals surface area contributed by atoms with Gasteiger partial charge in [0.05, 0.1) is 14.2 Å². The van der Waals surface area contributed by atoms with E-state index < -0.39 is 11.9 Å². The summed E-state index contributed by atoms with van der Waals surface area (Å²) >= 11 is 0. The molecule has 0 spiro atoms. The van der Waals surface area contributed by atoms with Crippen LogP contribution in [0.25, 0.3) is 0 Å². The fourth-order valence-electron chi connectivity index (χ4n) is 1.43. The van der Waals surface area contributed by atoms with Crippen molar-refractivity contribution < 1.29 is 24.2 Å². The molecule has 0 aliphatic carbocycles. The highest BCUT2D eigenvalue weighted by Gasteiger charge is 2.15. The third-order valence-electron chi connectivity index (χ3n) is 2.30. The number of ether oxygens (including phenoxy) is 2. The fraction of sp³-hybridized carbons (Fsp3) is 0.417. The van der Waals surface area contributed by atoms with Crippen LogP contribution < -0.4 is 0 Å². The van der Waals surface area contributed by atoms with E-state index in [4.69, 9.17) is 5.11 Å². The van der Waals surface area contributed by atoms with E-state index in [1.165, 1.54) is 26.4 Å². The number of rotatable bonds is 5. The SMILES string of the molecule is COC(=O)c1cc(CCCO)cc(C(=O)OC)n1. The highest BCUT2D eigenvalue weighted by molar-refractivity contribution is 5.91. The molecule has 0 aliphatic rings. The minimum atomic E-state index is -0.619. The van der Waals surface area contributed by atoms with Crippen molar-refractivity contribution in [3.63, 3.8) is 0 Å². The first-order chi connectivity index (χ1) is 8.62. The minimum absolute atomic E-state index is 0.0312. The number of carbonyl (C=O) groups excluding carboxylic acids is 2. The van der Waals surface area contributed by atoms with E-state index in [0.29, 0.717) is 12.8 Å². The number of aliphatic hydroxyl groups is 1. The molecule has 0 unspecified atom stereocenters. The van der Waals surface area contributed by atoms with Crippen molar-refractivity contribution in [3.05, 3.63) is 29.1 Å². The van der Waals surface area contributed by atoms with E-state index in [2.05, 4.69) is 14.5 Å². The molecule has 0 radical (unpaired) electrons. The van der Waals surface area contributed by atoms with Crippen molar-refractivity contribution in [2.45, 2.75) is 12.8 Å². The maximum Gasteiger partial charge on any atom is 0.356 e. The number of hydrogen-bond donors (Lipinski definition) is 1. The molecule has 0 aliphatic heterocycles. The first-order valence-electron chi connectivity index (χ1n) is 5.40. The Morgan fingerprint density at radius 2 is 1.67 bits per heavy atom. The fourth-order valence-corrected chi connectivity index (χ4v) is 1.43. The van der Waals surface area contributed by atoms with E-state index in [9.17, 15) is 9.59 Å². The molecule has 6 heteroatoms. The van der Waals surface area contributed by atoms with Gasteiger partial charge in [-0.2, -0.15) is 0 Å². The van der Waals surface area contributed by atoms with Crippen LogP contribution in [0.3, 0.4) is 0 Å². The zero-order valence-corrected chi connectivity index (χ0v) is 10.3. The van der Waals surface area contributed by atoms with Gasteiger partial charge in [0.25, 0.3) is 0 Å². The van der Waals surface area contributed by atoms with Crippen LogP contribution in [0.2, 0.25) is 0 Å². The first-order valence-corrected chi connectivity index (χ1v) is 5.40. The van der Waals surface area contributed by atoms with E-state index in [1.54, 1.807) is 0 Å². The van der Waals surface area contributed by atoms with Crippen molar-refractivity contribution >= 4 is 11.9 Å². The summed E-state index contributed by atoms with van der Waals surface area (Å²) in [5.74, 6) is -1.24. The average Bonchev–Trinajstić information content (AvgIpc) is 2.42. The van der Waals surface area contributed by atoms with Gasteiger partial charge in [-0.15, -0.1) is 0 Å². The van der Waals surface area contributed by atoms with Crippen molar-refractivity contribution in [2.75, 3.05) is 20.8 Å². The van der Waals surface area contributed by atoms with Gasteiger partial charge in [0.2, 0.25) is 0 Å². The number of aromatic nitrogens is 1. The van der Waals surface area contributed by atoms with Crippen molar-refractivity contribution in [2.24, 2.45) is 0 Å². The van der Waals surface area contributed by atoms with Crippen LogP contribution in [0.5, 0.6) is 0 Å². The van der Waals surface area contributed by atoms with Gasteiger partial charge >= 0.3 is 11.9 Å². The van der Waals surface area contributed by atoms with E-state index in [-0.39, 0.29) is 18.0 Å². The van der Waals surface area contributed by atoms with Gasteiger partial charge in [-0.3, -0.25) is 0 Å². The molecular weight excluding hydrogens is 238 g/mol. The van der Waals surface area contributed by atoms with Gasteiger partial charge < -0.3 is 14.6 Å². The van der Waals surface area contributed by atoms with Crippen LogP contribution in [0.15, 0.2) is 12.1 Å². The highest BCUT2D eigenvalue weighted by Crippen LogP contribution is 2.10. The number of aliphatic hydroxyl groups excluding tert-OH is 1. The highest BCUT2D eigenvalue weighted by atomic mass is 16.5. The van der Waals surface area contributed by atoms with Crippen LogP contribution in [0.1, 0.15) is 33.0 Å². The summed E-state index contributed by atoms with van der Waals surface area (Å²) in [5.41, 5.74) is 0.821. The Morgan fingerprint density at radius 3 is 2.06 bits per heavy atom. The largest absolute Gasteiger partial charge is 0.464 e. The first kappa shape index (κ1) is 14.1. The van der Waals surface area contributed by atoms with Gasteiger partial charge in [-0.05, 0) is 30.5 Å². The molecule has 0 aromatic carbocycles. The Balaban J connectivity index is 3.11. The van der Waals surface area contributed by atoms with E-state index in [0.717, 1.165) is 5.56 Å². The number of hydrogen-bond acceptors (Lipinski definition) is 6. The number of aryl methyl sites for hydroxylation is 1. The third-order valence-corrected chi connectivity index (χ3v) is 2.30. The van der Waals surface area contributed by atoms with Gasteiger partial charge in [0.1, 0.15) is 11.4 Å². The van der Waals surface area contributed by atoms with Gasteiger partial charge in [0.15, 0.2) is 0 Å². The third kappa shape index (κ3) is 3.53. The standard InChI is InChI=1S/C12H15NO5/c1-17-11(15)9-6-8(4-3-5-14)7-10(13-9)12(16)18-2/h6-7,14H,3-5H2,1-2H3. The molecule has 1 aromatic heterocycles. The Bertz CT molecular complexity index is 410. The van der Waals surface area contributed by atoms with Crippen molar-refractivity contribution in [1.82, 2.24) is 4.98 Å². The zero-order chi connectivity index (χ0) is 13.5. The molecule has 1 N–H and O–H groups in total. The van der Waals surface area contributed by atoms with Crippen molar-refractivity contribution in [3.8, 4) is 0 Å². The molecule has 0 fully saturated rings. The van der Waals surface area contributed by atoms with Crippen LogP contribution in [-0.4, -0.2) is 42.9 Å². The molecule has 18 heavy (non-hydrogen) atoms. The Hall–Kier alpha value is -1.95. The minimum Gasteiger partial charge on any atom is -0.464 e. The lowest BCUT2D eigenvalue weighted by molar-refractivity contribution is 0.0585. The molecule has 1 rings (SSSR count). The number of pyridine rings is 1. The second kappa shape index (κ2) is 6.70. The molecule has 1 heterocycles. The number of carbonyl (C=O) groups is 2. The number of esters is 2. The van der Waals surface area contributed by atoms with Crippen molar-refractivity contribution in [1.29, 1.82) is 0 Å². The number of methoxy groups -OCH3 is 2. The lowest BCUT2D eigenvalue weighted by atomic mass is 10.1. The van der Waals surface area contributed by atoms with Crippen LogP contribution in [0, 0.1) is 0 Å². The maximum absolute atomic E-state index is 11.4. The van der Waals surface area contributed by atoms with Crippen LogP contribution in [-0.2, 0) is 15.9 Å². The summed E-state index contributed by atoms with van der Waals surface area (Å²) in [7, 11) is 2.48. The zero-order valence-electron chi connectivity index (χ0n) is 10.3. The topological polar surface area (TPSA) is 85.7 Å². The van der Waals surface area contributed by atoms with Gasteiger partial charge in [-0.25, -0.2) is 14.6 Å². The van der Waals surface area contributed by atoms with Crippen LogP contribution in [0.4, 0.5) is 0 Å². The molecule has 98 valence electrons. The van der Waals surface area contributed by atoms with E-state index in [1.807, 2.05) is 0 Å². The van der Waals surface area contributed by atoms with Crippen LogP contribution >= 0.6 is 0 Å². The number of nitrogens with zero attached hydrogens (tertiary/aromatic N) is 1. The predicted octanol–water partition coefficient (Wildman–Crippen LogP) is 0.580. The second-order valence-corrected chi connectivity index (χ2v) is 3.56. The molecule has 6 nitrogen and oxygen atoms in total. The maximum atomic E-state index is 11.4.